The molecule has 1 aliphatic rings. The van der Waals surface area contributed by atoms with E-state index in [2.05, 4.69) is 15.3 Å². The maximum atomic E-state index is 12.6. The van der Waals surface area contributed by atoms with Crippen LogP contribution in [0.25, 0.3) is 10.2 Å². The number of nitrogens with zero attached hydrogens (tertiary/aromatic N) is 4. The molecule has 0 aliphatic carbocycles. The second kappa shape index (κ2) is 8.92. The van der Waals surface area contributed by atoms with Crippen LogP contribution in [0.5, 0.6) is 11.5 Å². The van der Waals surface area contributed by atoms with Gasteiger partial charge in [0.15, 0.2) is 16.7 Å². The number of carbonyl (C=O) groups is 1. The number of hydrogen-bond acceptors (Lipinski definition) is 9. The Morgan fingerprint density at radius 2 is 1.97 bits per heavy atom. The first-order valence-electron chi connectivity index (χ1n) is 9.80. The van der Waals surface area contributed by atoms with E-state index in [1.807, 2.05) is 4.90 Å². The maximum absolute atomic E-state index is 12.6. The van der Waals surface area contributed by atoms with E-state index in [1.54, 1.807) is 29.3 Å². The molecule has 0 unspecified atom stereocenters. The molecule has 1 atom stereocenters. The van der Waals surface area contributed by atoms with Crippen molar-refractivity contribution in [1.29, 1.82) is 0 Å². The number of rotatable bonds is 5. The number of benzene rings is 1. The Morgan fingerprint density at radius 1 is 1.19 bits per heavy atom. The summed E-state index contributed by atoms with van der Waals surface area (Å²) < 4.78 is 0.789. The molecule has 5 N–H and O–H groups in total. The number of hydrogen-bond donors (Lipinski definition) is 5. The Hall–Kier alpha value is -3.15. The molecule has 0 radical (unpaired) electrons. The third kappa shape index (κ3) is 4.79. The lowest BCUT2D eigenvalue weighted by atomic mass is 10.1. The second-order valence-corrected chi connectivity index (χ2v) is 8.33. The van der Waals surface area contributed by atoms with Crippen molar-refractivity contribution in [1.82, 2.24) is 14.9 Å². The smallest absolute Gasteiger partial charge is 0.323 e. The normalized spacial score (nSPS) is 15.3. The largest absolute Gasteiger partial charge is 0.508 e. The molecule has 11 heteroatoms. The van der Waals surface area contributed by atoms with Crippen molar-refractivity contribution in [2.24, 2.45) is 0 Å². The summed E-state index contributed by atoms with van der Waals surface area (Å²) in [4.78, 5) is 24.8. The lowest BCUT2D eigenvalue weighted by Crippen LogP contribution is -2.50. The fraction of sp³-hybridized carbons (Fsp3) is 0.350. The summed E-state index contributed by atoms with van der Waals surface area (Å²) in [5.74, 6) is 0.575. The lowest BCUT2D eigenvalue weighted by Gasteiger charge is -2.35. The number of piperazine rings is 1. The fourth-order valence-corrected chi connectivity index (χ4v) is 4.33. The van der Waals surface area contributed by atoms with E-state index in [-0.39, 0.29) is 30.6 Å². The molecular formula is C20H23N5O5S. The Morgan fingerprint density at radius 3 is 2.68 bits per heavy atom. The van der Waals surface area contributed by atoms with E-state index < -0.39 is 6.10 Å². The highest BCUT2D eigenvalue weighted by molar-refractivity contribution is 7.22. The number of aliphatic hydroxyl groups excluding tert-OH is 2. The van der Waals surface area contributed by atoms with Gasteiger partial charge in [0.05, 0.1) is 22.9 Å². The number of aromatic hydroxyl groups is 2. The summed E-state index contributed by atoms with van der Waals surface area (Å²) in [6.45, 7) is 1.54. The van der Waals surface area contributed by atoms with Crippen molar-refractivity contribution in [3.8, 4) is 11.5 Å². The van der Waals surface area contributed by atoms with Gasteiger partial charge in [0, 0.05) is 38.8 Å². The standard InChI is InChI=1S/C20H23N5O5S/c26-11-14(28)7-12-8-16(29)18(21-10-12)24-3-5-25(6-4-24)20(30)23-19-22-15-2-1-13(27)9-17(15)31-19/h1-2,8-10,14,26-29H,3-7,11H2,(H,22,23,30)/t14-/m0/s1. The molecule has 4 rings (SSSR count). The van der Waals surface area contributed by atoms with Gasteiger partial charge in [-0.15, -0.1) is 0 Å². The molecular weight excluding hydrogens is 422 g/mol. The molecule has 164 valence electrons. The van der Waals surface area contributed by atoms with Gasteiger partial charge in [0.1, 0.15) is 5.75 Å². The van der Waals surface area contributed by atoms with Crippen LogP contribution in [0, 0.1) is 0 Å². The van der Waals surface area contributed by atoms with Crippen molar-refractivity contribution in [3.05, 3.63) is 36.0 Å². The third-order valence-corrected chi connectivity index (χ3v) is 5.97. The number of pyridine rings is 1. The van der Waals surface area contributed by atoms with Crippen LogP contribution in [0.3, 0.4) is 0 Å². The van der Waals surface area contributed by atoms with Crippen LogP contribution < -0.4 is 10.2 Å². The van der Waals surface area contributed by atoms with E-state index in [4.69, 9.17) is 5.11 Å². The van der Waals surface area contributed by atoms with Crippen molar-refractivity contribution in [3.63, 3.8) is 0 Å². The van der Waals surface area contributed by atoms with Crippen LogP contribution in [-0.2, 0) is 6.42 Å². The number of phenolic OH excluding ortho intramolecular Hbond substituents is 1. The number of aromatic nitrogens is 2. The first-order chi connectivity index (χ1) is 14.9. The van der Waals surface area contributed by atoms with Crippen molar-refractivity contribution in [2.75, 3.05) is 43.0 Å². The summed E-state index contributed by atoms with van der Waals surface area (Å²) in [5, 5.41) is 41.6. The minimum Gasteiger partial charge on any atom is -0.508 e. The predicted molar refractivity (Wildman–Crippen MR) is 117 cm³/mol. The van der Waals surface area contributed by atoms with Gasteiger partial charge in [-0.25, -0.2) is 14.8 Å². The number of fused-ring (bicyclic) bond motifs is 1. The molecule has 3 aromatic rings. The van der Waals surface area contributed by atoms with Gasteiger partial charge in [0.25, 0.3) is 0 Å². The number of phenols is 1. The zero-order valence-electron chi connectivity index (χ0n) is 16.6. The van der Waals surface area contributed by atoms with Gasteiger partial charge < -0.3 is 30.2 Å². The number of urea groups is 1. The average molecular weight is 446 g/mol. The van der Waals surface area contributed by atoms with E-state index in [9.17, 15) is 20.1 Å². The molecule has 0 spiro atoms. The molecule has 10 nitrogen and oxygen atoms in total. The zero-order chi connectivity index (χ0) is 22.0. The zero-order valence-corrected chi connectivity index (χ0v) is 17.4. The van der Waals surface area contributed by atoms with Crippen molar-refractivity contribution < 1.29 is 25.2 Å². The Kier molecular flexibility index (Phi) is 6.07. The Labute approximate surface area is 182 Å². The fourth-order valence-electron chi connectivity index (χ4n) is 3.44. The topological polar surface area (TPSA) is 142 Å². The van der Waals surface area contributed by atoms with Gasteiger partial charge in [-0.2, -0.15) is 0 Å². The van der Waals surface area contributed by atoms with Crippen molar-refractivity contribution >= 4 is 38.5 Å². The summed E-state index contributed by atoms with van der Waals surface area (Å²) in [6, 6.07) is 6.14. The van der Waals surface area contributed by atoms with Crippen LogP contribution in [0.2, 0.25) is 0 Å². The van der Waals surface area contributed by atoms with Gasteiger partial charge >= 0.3 is 6.03 Å². The minimum absolute atomic E-state index is 0.00160. The lowest BCUT2D eigenvalue weighted by molar-refractivity contribution is 0.0954. The quantitative estimate of drug-likeness (QED) is 0.396. The average Bonchev–Trinajstić information content (AvgIpc) is 3.15. The number of nitrogens with one attached hydrogen (secondary N) is 1. The van der Waals surface area contributed by atoms with Gasteiger partial charge in [-0.05, 0) is 29.8 Å². The van der Waals surface area contributed by atoms with E-state index in [1.165, 1.54) is 17.4 Å². The predicted octanol–water partition coefficient (Wildman–Crippen LogP) is 1.35. The van der Waals surface area contributed by atoms with Gasteiger partial charge in [-0.3, -0.25) is 5.32 Å². The molecule has 2 amide bonds. The second-order valence-electron chi connectivity index (χ2n) is 7.30. The highest BCUT2D eigenvalue weighted by Gasteiger charge is 2.24. The molecule has 31 heavy (non-hydrogen) atoms. The highest BCUT2D eigenvalue weighted by Crippen LogP contribution is 2.29. The molecule has 1 aliphatic heterocycles. The molecule has 1 aromatic carbocycles. The van der Waals surface area contributed by atoms with E-state index >= 15 is 0 Å². The number of aliphatic hydroxyl groups is 2. The first-order valence-corrected chi connectivity index (χ1v) is 10.6. The molecule has 2 aromatic heterocycles. The number of carbonyl (C=O) groups excluding carboxylic acids is 1. The highest BCUT2D eigenvalue weighted by atomic mass is 32.1. The number of thiazole rings is 1. The Bertz CT molecular complexity index is 1080. The summed E-state index contributed by atoms with van der Waals surface area (Å²) in [7, 11) is 0. The number of amides is 2. The monoisotopic (exact) mass is 445 g/mol. The van der Waals surface area contributed by atoms with Crippen LogP contribution in [0.4, 0.5) is 15.7 Å². The minimum atomic E-state index is -0.893. The van der Waals surface area contributed by atoms with Crippen LogP contribution in [0.1, 0.15) is 5.56 Å². The van der Waals surface area contributed by atoms with E-state index in [0.717, 1.165) is 4.70 Å². The Balaban J connectivity index is 1.35. The molecule has 1 fully saturated rings. The van der Waals surface area contributed by atoms with Crippen molar-refractivity contribution in [2.45, 2.75) is 12.5 Å². The van der Waals surface area contributed by atoms with Gasteiger partial charge in [0.2, 0.25) is 0 Å². The molecule has 1 saturated heterocycles. The first kappa shape index (κ1) is 21.1. The molecule has 3 heterocycles. The van der Waals surface area contributed by atoms with Gasteiger partial charge in [-0.1, -0.05) is 11.3 Å². The molecule has 0 saturated carbocycles. The SMILES string of the molecule is O=C(Nc1nc2ccc(O)cc2s1)N1CCN(c2ncc(C[C@H](O)CO)cc2O)CC1. The van der Waals surface area contributed by atoms with Crippen LogP contribution in [-0.4, -0.2) is 80.2 Å². The van der Waals surface area contributed by atoms with E-state index in [0.29, 0.717) is 48.2 Å². The van der Waals surface area contributed by atoms with Crippen LogP contribution >= 0.6 is 11.3 Å². The summed E-state index contributed by atoms with van der Waals surface area (Å²) in [6.07, 6.45) is 0.879. The molecule has 0 bridgehead atoms. The van der Waals surface area contributed by atoms with Crippen LogP contribution in [0.15, 0.2) is 30.5 Å². The maximum Gasteiger partial charge on any atom is 0.323 e. The summed E-state index contributed by atoms with van der Waals surface area (Å²) >= 11 is 1.29. The third-order valence-electron chi connectivity index (χ3n) is 5.04. The summed E-state index contributed by atoms with van der Waals surface area (Å²) in [5.41, 5.74) is 1.34. The number of anilines is 2.